The lowest BCUT2D eigenvalue weighted by Crippen LogP contribution is -2.14. The Morgan fingerprint density at radius 1 is 1.35 bits per heavy atom. The Bertz CT molecular complexity index is 669. The van der Waals surface area contributed by atoms with Gasteiger partial charge in [-0.1, -0.05) is 18.2 Å². The summed E-state index contributed by atoms with van der Waals surface area (Å²) in [5, 5.41) is 13.7. The van der Waals surface area contributed by atoms with Crippen LogP contribution in [-0.4, -0.2) is 13.0 Å². The summed E-state index contributed by atoms with van der Waals surface area (Å²) in [4.78, 5) is 12.9. The molecule has 20 heavy (non-hydrogen) atoms. The number of carbonyl (C=O) groups is 1. The van der Waals surface area contributed by atoms with Gasteiger partial charge in [-0.25, -0.2) is 0 Å². The number of nitriles is 1. The summed E-state index contributed by atoms with van der Waals surface area (Å²) in [6.07, 6.45) is 1.56. The molecule has 100 valence electrons. The minimum Gasteiger partial charge on any atom is -0.495 e. The van der Waals surface area contributed by atoms with E-state index >= 15 is 0 Å². The number of methoxy groups -OCH3 is 1. The maximum Gasteiger partial charge on any atom is 0.266 e. The van der Waals surface area contributed by atoms with Gasteiger partial charge in [-0.05, 0) is 29.7 Å². The molecule has 1 amide bonds. The van der Waals surface area contributed by atoms with E-state index < -0.39 is 5.91 Å². The normalized spacial score (nSPS) is 10.7. The highest BCUT2D eigenvalue weighted by molar-refractivity contribution is 7.10. The minimum atomic E-state index is -0.453. The number of benzene rings is 1. The lowest BCUT2D eigenvalue weighted by atomic mass is 10.2. The Kier molecular flexibility index (Phi) is 4.53. The highest BCUT2D eigenvalue weighted by atomic mass is 32.1. The predicted octanol–water partition coefficient (Wildman–Crippen LogP) is 3.30. The highest BCUT2D eigenvalue weighted by Gasteiger charge is 2.12. The zero-order chi connectivity index (χ0) is 14.4. The van der Waals surface area contributed by atoms with Gasteiger partial charge in [0.2, 0.25) is 0 Å². The van der Waals surface area contributed by atoms with Crippen molar-refractivity contribution in [1.82, 2.24) is 0 Å². The molecule has 0 atom stereocenters. The summed E-state index contributed by atoms with van der Waals surface area (Å²) < 4.78 is 5.15. The van der Waals surface area contributed by atoms with Gasteiger partial charge in [-0.3, -0.25) is 4.79 Å². The molecule has 2 rings (SSSR count). The van der Waals surface area contributed by atoms with Gasteiger partial charge in [0.25, 0.3) is 5.91 Å². The van der Waals surface area contributed by atoms with Crippen molar-refractivity contribution >= 4 is 29.0 Å². The van der Waals surface area contributed by atoms with Crippen LogP contribution < -0.4 is 10.1 Å². The van der Waals surface area contributed by atoms with E-state index in [9.17, 15) is 4.79 Å². The summed E-state index contributed by atoms with van der Waals surface area (Å²) in [5.41, 5.74) is 0.589. The van der Waals surface area contributed by atoms with Crippen LogP contribution in [0.15, 0.2) is 47.4 Å². The van der Waals surface area contributed by atoms with E-state index in [1.54, 1.807) is 30.3 Å². The Morgan fingerprint density at radius 2 is 2.15 bits per heavy atom. The number of hydrogen-bond donors (Lipinski definition) is 1. The average Bonchev–Trinajstić information content (AvgIpc) is 2.98. The lowest BCUT2D eigenvalue weighted by Gasteiger charge is -2.08. The third-order valence-electron chi connectivity index (χ3n) is 2.55. The van der Waals surface area contributed by atoms with Crippen LogP contribution in [0.4, 0.5) is 5.69 Å². The monoisotopic (exact) mass is 284 g/mol. The molecule has 0 fully saturated rings. The third kappa shape index (κ3) is 3.25. The molecule has 5 heteroatoms. The number of carbonyl (C=O) groups excluding carboxylic acids is 1. The van der Waals surface area contributed by atoms with Crippen molar-refractivity contribution < 1.29 is 9.53 Å². The number of thiophene rings is 1. The van der Waals surface area contributed by atoms with Crippen molar-refractivity contribution in [2.24, 2.45) is 0 Å². The molecule has 0 saturated heterocycles. The molecule has 0 radical (unpaired) electrons. The summed E-state index contributed by atoms with van der Waals surface area (Å²) >= 11 is 1.47. The summed E-state index contributed by atoms with van der Waals surface area (Å²) in [6.45, 7) is 0. The number of hydrogen-bond acceptors (Lipinski definition) is 4. The number of nitrogens with one attached hydrogen (secondary N) is 1. The molecule has 2 aromatic rings. The smallest absolute Gasteiger partial charge is 0.266 e. The van der Waals surface area contributed by atoms with E-state index in [0.717, 1.165) is 4.88 Å². The fraction of sp³-hybridized carbons (Fsp3) is 0.0667. The first-order valence-corrected chi connectivity index (χ1v) is 6.72. The van der Waals surface area contributed by atoms with Gasteiger partial charge < -0.3 is 10.1 Å². The fourth-order valence-electron chi connectivity index (χ4n) is 1.60. The topological polar surface area (TPSA) is 62.1 Å². The van der Waals surface area contributed by atoms with Crippen LogP contribution in [0.3, 0.4) is 0 Å². The molecule has 0 spiro atoms. The average molecular weight is 284 g/mol. The zero-order valence-corrected chi connectivity index (χ0v) is 11.6. The van der Waals surface area contributed by atoms with Crippen LogP contribution in [0.5, 0.6) is 5.75 Å². The first-order chi connectivity index (χ1) is 9.74. The zero-order valence-electron chi connectivity index (χ0n) is 10.8. The Morgan fingerprint density at radius 3 is 2.80 bits per heavy atom. The summed E-state index contributed by atoms with van der Waals surface area (Å²) in [5.74, 6) is 0.0969. The first-order valence-electron chi connectivity index (χ1n) is 5.84. The number of amides is 1. The van der Waals surface area contributed by atoms with Crippen molar-refractivity contribution in [3.05, 3.63) is 52.2 Å². The van der Waals surface area contributed by atoms with E-state index in [1.807, 2.05) is 23.6 Å². The van der Waals surface area contributed by atoms with Crippen molar-refractivity contribution in [2.45, 2.75) is 0 Å². The Hall–Kier alpha value is -2.58. The van der Waals surface area contributed by atoms with Gasteiger partial charge >= 0.3 is 0 Å². The van der Waals surface area contributed by atoms with Crippen LogP contribution in [0.2, 0.25) is 0 Å². The highest BCUT2D eigenvalue weighted by Crippen LogP contribution is 2.24. The van der Waals surface area contributed by atoms with Gasteiger partial charge in [-0.15, -0.1) is 11.3 Å². The molecule has 0 bridgehead atoms. The van der Waals surface area contributed by atoms with E-state index in [4.69, 9.17) is 10.00 Å². The summed E-state index contributed by atoms with van der Waals surface area (Å²) in [7, 11) is 1.53. The molecule has 1 N–H and O–H groups in total. The predicted molar refractivity (Wildman–Crippen MR) is 79.5 cm³/mol. The van der Waals surface area contributed by atoms with Crippen LogP contribution in [0.25, 0.3) is 6.08 Å². The number of ether oxygens (including phenoxy) is 1. The van der Waals surface area contributed by atoms with Crippen molar-refractivity contribution in [2.75, 3.05) is 12.4 Å². The number of rotatable bonds is 4. The molecule has 1 heterocycles. The molecular weight excluding hydrogens is 272 g/mol. The van der Waals surface area contributed by atoms with Gasteiger partial charge in [0.1, 0.15) is 17.4 Å². The molecule has 0 aliphatic heterocycles. The van der Waals surface area contributed by atoms with E-state index in [0.29, 0.717) is 11.4 Å². The molecule has 4 nitrogen and oxygen atoms in total. The maximum absolute atomic E-state index is 12.1. The Balaban J connectivity index is 2.21. The van der Waals surface area contributed by atoms with Crippen LogP contribution in [0, 0.1) is 11.3 Å². The maximum atomic E-state index is 12.1. The molecular formula is C15H12N2O2S. The molecule has 0 aliphatic carbocycles. The fourth-order valence-corrected chi connectivity index (χ4v) is 2.26. The van der Waals surface area contributed by atoms with Crippen molar-refractivity contribution in [3.63, 3.8) is 0 Å². The Labute approximate surface area is 120 Å². The largest absolute Gasteiger partial charge is 0.495 e. The second-order valence-electron chi connectivity index (χ2n) is 3.84. The number of anilines is 1. The second-order valence-corrected chi connectivity index (χ2v) is 4.82. The quantitative estimate of drug-likeness (QED) is 0.692. The van der Waals surface area contributed by atoms with Gasteiger partial charge in [0, 0.05) is 4.88 Å². The number of nitrogens with zero attached hydrogens (tertiary/aromatic N) is 1. The second kappa shape index (κ2) is 6.55. The van der Waals surface area contributed by atoms with Gasteiger partial charge in [0.15, 0.2) is 0 Å². The van der Waals surface area contributed by atoms with Crippen molar-refractivity contribution in [3.8, 4) is 11.8 Å². The first kappa shape index (κ1) is 13.8. The molecule has 0 saturated carbocycles. The molecule has 0 aliphatic rings. The third-order valence-corrected chi connectivity index (χ3v) is 3.37. The molecule has 1 aromatic heterocycles. The van der Waals surface area contributed by atoms with Crippen LogP contribution >= 0.6 is 11.3 Å². The van der Waals surface area contributed by atoms with Gasteiger partial charge in [0.05, 0.1) is 12.8 Å². The lowest BCUT2D eigenvalue weighted by molar-refractivity contribution is -0.112. The SMILES string of the molecule is COc1ccccc1NC(=O)C(C#N)=Cc1cccs1. The molecule has 0 unspecified atom stereocenters. The van der Waals surface area contributed by atoms with E-state index in [2.05, 4.69) is 5.32 Å². The standard InChI is InChI=1S/C15H12N2O2S/c1-19-14-7-3-2-6-13(14)17-15(18)11(10-16)9-12-5-4-8-20-12/h2-9H,1H3,(H,17,18). The van der Waals surface area contributed by atoms with E-state index in [-0.39, 0.29) is 5.57 Å². The van der Waals surface area contributed by atoms with Crippen LogP contribution in [-0.2, 0) is 4.79 Å². The van der Waals surface area contributed by atoms with Crippen molar-refractivity contribution in [1.29, 1.82) is 5.26 Å². The summed E-state index contributed by atoms with van der Waals surface area (Å²) in [6, 6.07) is 12.7. The van der Waals surface area contributed by atoms with E-state index in [1.165, 1.54) is 18.4 Å². The van der Waals surface area contributed by atoms with Crippen LogP contribution in [0.1, 0.15) is 4.88 Å². The number of para-hydroxylation sites is 2. The minimum absolute atomic E-state index is 0.0540. The van der Waals surface area contributed by atoms with Gasteiger partial charge in [-0.2, -0.15) is 5.26 Å². The molecule has 1 aromatic carbocycles.